The highest BCUT2D eigenvalue weighted by atomic mass is 14.9. The van der Waals surface area contributed by atoms with Crippen molar-refractivity contribution in [3.8, 4) is 0 Å². The van der Waals surface area contributed by atoms with Crippen molar-refractivity contribution in [3.05, 3.63) is 0 Å². The maximum absolute atomic E-state index is 3.57. The van der Waals surface area contributed by atoms with Crippen LogP contribution in [0.2, 0.25) is 0 Å². The first-order valence-corrected chi connectivity index (χ1v) is 5.99. The molecule has 1 N–H and O–H groups in total. The highest BCUT2D eigenvalue weighted by Crippen LogP contribution is 2.41. The molecular formula is C12H23N. The summed E-state index contributed by atoms with van der Waals surface area (Å²) in [4.78, 5) is 0. The molecule has 1 aliphatic carbocycles. The fourth-order valence-corrected chi connectivity index (χ4v) is 3.45. The SMILES string of the molecule is CC(C)C1CCCC2CCNCC21. The Morgan fingerprint density at radius 2 is 2.00 bits per heavy atom. The summed E-state index contributed by atoms with van der Waals surface area (Å²) in [7, 11) is 0. The third-order valence-corrected chi connectivity index (χ3v) is 4.20. The van der Waals surface area contributed by atoms with Crippen LogP contribution in [0.1, 0.15) is 39.5 Å². The van der Waals surface area contributed by atoms with Gasteiger partial charge in [-0.15, -0.1) is 0 Å². The van der Waals surface area contributed by atoms with E-state index in [-0.39, 0.29) is 0 Å². The number of rotatable bonds is 1. The van der Waals surface area contributed by atoms with Gasteiger partial charge in [-0.2, -0.15) is 0 Å². The van der Waals surface area contributed by atoms with Gasteiger partial charge in [-0.25, -0.2) is 0 Å². The lowest BCUT2D eigenvalue weighted by molar-refractivity contribution is 0.0859. The summed E-state index contributed by atoms with van der Waals surface area (Å²) in [5, 5.41) is 3.57. The second-order valence-corrected chi connectivity index (χ2v) is 5.26. The second kappa shape index (κ2) is 4.00. The smallest absolute Gasteiger partial charge is 0.00151 e. The van der Waals surface area contributed by atoms with E-state index in [0.717, 1.165) is 23.7 Å². The van der Waals surface area contributed by atoms with Crippen molar-refractivity contribution in [2.75, 3.05) is 13.1 Å². The van der Waals surface area contributed by atoms with Crippen molar-refractivity contribution in [2.45, 2.75) is 39.5 Å². The van der Waals surface area contributed by atoms with Crippen LogP contribution in [0.25, 0.3) is 0 Å². The summed E-state index contributed by atoms with van der Waals surface area (Å²) in [5.41, 5.74) is 0. The number of nitrogens with one attached hydrogen (secondary N) is 1. The molecule has 0 aromatic carbocycles. The van der Waals surface area contributed by atoms with Crippen LogP contribution in [0.15, 0.2) is 0 Å². The van der Waals surface area contributed by atoms with Crippen LogP contribution in [-0.4, -0.2) is 13.1 Å². The lowest BCUT2D eigenvalue weighted by atomic mass is 9.66. The van der Waals surface area contributed by atoms with Gasteiger partial charge in [-0.1, -0.05) is 26.7 Å². The monoisotopic (exact) mass is 181 g/mol. The van der Waals surface area contributed by atoms with E-state index in [0.29, 0.717) is 0 Å². The molecule has 2 rings (SSSR count). The summed E-state index contributed by atoms with van der Waals surface area (Å²) in [6, 6.07) is 0. The number of fused-ring (bicyclic) bond motifs is 1. The molecule has 1 saturated carbocycles. The molecule has 0 amide bonds. The van der Waals surface area contributed by atoms with Gasteiger partial charge in [0.25, 0.3) is 0 Å². The van der Waals surface area contributed by atoms with E-state index in [1.165, 1.54) is 38.8 Å². The van der Waals surface area contributed by atoms with Gasteiger partial charge in [0.15, 0.2) is 0 Å². The second-order valence-electron chi connectivity index (χ2n) is 5.26. The van der Waals surface area contributed by atoms with E-state index in [9.17, 15) is 0 Å². The predicted octanol–water partition coefficient (Wildman–Crippen LogP) is 2.67. The van der Waals surface area contributed by atoms with Gasteiger partial charge >= 0.3 is 0 Å². The molecule has 76 valence electrons. The van der Waals surface area contributed by atoms with Crippen molar-refractivity contribution in [1.82, 2.24) is 5.32 Å². The highest BCUT2D eigenvalue weighted by Gasteiger charge is 2.35. The Morgan fingerprint density at radius 1 is 1.15 bits per heavy atom. The Kier molecular flexibility index (Phi) is 2.92. The molecule has 0 aromatic heterocycles. The average Bonchev–Trinajstić information content (AvgIpc) is 2.17. The highest BCUT2D eigenvalue weighted by molar-refractivity contribution is 4.88. The average molecular weight is 181 g/mol. The summed E-state index contributed by atoms with van der Waals surface area (Å²) in [6.07, 6.45) is 5.92. The molecule has 1 aliphatic heterocycles. The maximum atomic E-state index is 3.57. The molecular weight excluding hydrogens is 158 g/mol. The fourth-order valence-electron chi connectivity index (χ4n) is 3.45. The van der Waals surface area contributed by atoms with E-state index >= 15 is 0 Å². The van der Waals surface area contributed by atoms with Crippen molar-refractivity contribution in [1.29, 1.82) is 0 Å². The summed E-state index contributed by atoms with van der Waals surface area (Å²) in [5.74, 6) is 3.96. The van der Waals surface area contributed by atoms with Gasteiger partial charge in [-0.05, 0) is 49.6 Å². The quantitative estimate of drug-likeness (QED) is 0.656. The molecule has 0 bridgehead atoms. The molecule has 0 aromatic rings. The van der Waals surface area contributed by atoms with E-state index in [1.807, 2.05) is 0 Å². The predicted molar refractivity (Wildman–Crippen MR) is 56.6 cm³/mol. The topological polar surface area (TPSA) is 12.0 Å². The van der Waals surface area contributed by atoms with Crippen LogP contribution in [0.4, 0.5) is 0 Å². The zero-order valence-electron chi connectivity index (χ0n) is 9.05. The van der Waals surface area contributed by atoms with Crippen LogP contribution >= 0.6 is 0 Å². The molecule has 0 radical (unpaired) electrons. The first kappa shape index (κ1) is 9.51. The maximum Gasteiger partial charge on any atom is -0.00151 e. The third kappa shape index (κ3) is 1.90. The minimum atomic E-state index is 0.896. The van der Waals surface area contributed by atoms with Gasteiger partial charge < -0.3 is 5.32 Å². The first-order chi connectivity index (χ1) is 6.29. The molecule has 13 heavy (non-hydrogen) atoms. The van der Waals surface area contributed by atoms with Crippen molar-refractivity contribution in [2.24, 2.45) is 23.7 Å². The molecule has 3 unspecified atom stereocenters. The third-order valence-electron chi connectivity index (χ3n) is 4.20. The van der Waals surface area contributed by atoms with E-state index < -0.39 is 0 Å². The Hall–Kier alpha value is -0.0400. The Balaban J connectivity index is 2.02. The standard InChI is InChI=1S/C12H23N/c1-9(2)11-5-3-4-10-6-7-13-8-12(10)11/h9-13H,3-8H2,1-2H3. The minimum absolute atomic E-state index is 0.896. The van der Waals surface area contributed by atoms with Gasteiger partial charge in [-0.3, -0.25) is 0 Å². The zero-order valence-corrected chi connectivity index (χ0v) is 9.05. The van der Waals surface area contributed by atoms with Gasteiger partial charge in [0, 0.05) is 0 Å². The summed E-state index contributed by atoms with van der Waals surface area (Å²) >= 11 is 0. The van der Waals surface area contributed by atoms with Gasteiger partial charge in [0.1, 0.15) is 0 Å². The number of hydrogen-bond acceptors (Lipinski definition) is 1. The minimum Gasteiger partial charge on any atom is -0.316 e. The Bertz CT molecular complexity index is 163. The van der Waals surface area contributed by atoms with Crippen LogP contribution < -0.4 is 5.32 Å². The van der Waals surface area contributed by atoms with Gasteiger partial charge in [0.2, 0.25) is 0 Å². The van der Waals surface area contributed by atoms with Crippen molar-refractivity contribution < 1.29 is 0 Å². The van der Waals surface area contributed by atoms with Crippen LogP contribution in [0, 0.1) is 23.7 Å². The summed E-state index contributed by atoms with van der Waals surface area (Å²) in [6.45, 7) is 7.38. The lowest BCUT2D eigenvalue weighted by Gasteiger charge is -2.43. The van der Waals surface area contributed by atoms with Crippen molar-refractivity contribution >= 4 is 0 Å². The molecule has 2 fully saturated rings. The van der Waals surface area contributed by atoms with E-state index in [2.05, 4.69) is 19.2 Å². The molecule has 1 saturated heterocycles. The first-order valence-electron chi connectivity index (χ1n) is 5.99. The van der Waals surface area contributed by atoms with E-state index in [1.54, 1.807) is 0 Å². The Labute approximate surface area is 82.3 Å². The van der Waals surface area contributed by atoms with Crippen LogP contribution in [-0.2, 0) is 0 Å². The summed E-state index contributed by atoms with van der Waals surface area (Å²) < 4.78 is 0. The normalized spacial score (nSPS) is 40.4. The zero-order chi connectivity index (χ0) is 9.26. The van der Waals surface area contributed by atoms with Crippen LogP contribution in [0.5, 0.6) is 0 Å². The number of hydrogen-bond donors (Lipinski definition) is 1. The molecule has 1 nitrogen and oxygen atoms in total. The van der Waals surface area contributed by atoms with Crippen LogP contribution in [0.3, 0.4) is 0 Å². The fraction of sp³-hybridized carbons (Fsp3) is 1.00. The lowest BCUT2D eigenvalue weighted by Crippen LogP contribution is -2.44. The van der Waals surface area contributed by atoms with Crippen molar-refractivity contribution in [3.63, 3.8) is 0 Å². The molecule has 3 atom stereocenters. The van der Waals surface area contributed by atoms with E-state index in [4.69, 9.17) is 0 Å². The Morgan fingerprint density at radius 3 is 2.77 bits per heavy atom. The molecule has 0 spiro atoms. The molecule has 1 heterocycles. The van der Waals surface area contributed by atoms with Gasteiger partial charge in [0.05, 0.1) is 0 Å². The molecule has 2 aliphatic rings. The molecule has 1 heteroatoms. The number of piperidine rings is 1. The largest absolute Gasteiger partial charge is 0.316 e.